The molecule has 1 aliphatic rings. The molecule has 0 saturated carbocycles. The molecule has 1 aliphatic heterocycles. The van der Waals surface area contributed by atoms with E-state index in [9.17, 15) is 14.5 Å². The van der Waals surface area contributed by atoms with Crippen molar-refractivity contribution >= 4 is 16.9 Å². The van der Waals surface area contributed by atoms with Crippen molar-refractivity contribution in [3.63, 3.8) is 0 Å². The van der Waals surface area contributed by atoms with Gasteiger partial charge in [0.15, 0.2) is 0 Å². The first kappa shape index (κ1) is 26.7. The maximum Gasteiger partial charge on any atom is 0.270 e. The second kappa shape index (κ2) is 11.9. The average molecular weight is 545 g/mol. The van der Waals surface area contributed by atoms with Crippen LogP contribution < -0.4 is 9.47 Å². The van der Waals surface area contributed by atoms with Crippen LogP contribution in [0, 0.1) is 13.8 Å². The van der Waals surface area contributed by atoms with Gasteiger partial charge in [-0.15, -0.1) is 0 Å². The number of aryl methyl sites for hydroxylation is 2. The third kappa shape index (κ3) is 6.41. The minimum Gasteiger partial charge on any atom is -0.568 e. The molecule has 1 amide bonds. The Hall–Kier alpha value is -3.88. The fourth-order valence-electron chi connectivity index (χ4n) is 5.06. The number of likely N-dealkylation sites (tertiary alicyclic amines) is 1. The Morgan fingerprint density at radius 2 is 1.74 bits per heavy atom. The average Bonchev–Trinajstić information content (AvgIpc) is 3.48. The molecule has 3 aromatic carbocycles. The lowest BCUT2D eigenvalue weighted by Crippen LogP contribution is -2.26. The van der Waals surface area contributed by atoms with E-state index in [1.807, 2.05) is 41.3 Å². The molecular formula is C31H32N2O5S. The molecule has 1 saturated heterocycles. The molecule has 1 atom stereocenters. The van der Waals surface area contributed by atoms with Crippen LogP contribution in [0.5, 0.6) is 17.4 Å². The number of hydrogen-bond donors (Lipinski definition) is 1. The smallest absolute Gasteiger partial charge is 0.270 e. The van der Waals surface area contributed by atoms with Gasteiger partial charge in [-0.1, -0.05) is 18.2 Å². The first-order valence-electron chi connectivity index (χ1n) is 13.1. The van der Waals surface area contributed by atoms with E-state index in [-0.39, 0.29) is 11.8 Å². The lowest BCUT2D eigenvalue weighted by atomic mass is 9.94. The standard InChI is InChI=1S/C31H32N2O5S/c1-21-16-27(37-15-5-14-33-13-4-8-30(33)35)17-22(2)31(21)25-7-3-6-23(18-25)20-38-26-11-9-24(10-12-26)28-19-29(34)32-39(28)36/h3,6-7,9-12,16-19H,4-5,8,13-15,20H2,1-2H3,(H,32,34). The number of aromatic nitrogens is 1. The van der Waals surface area contributed by atoms with Gasteiger partial charge in [0.2, 0.25) is 10.8 Å². The summed E-state index contributed by atoms with van der Waals surface area (Å²) in [5.41, 5.74) is 6.36. The second-order valence-electron chi connectivity index (χ2n) is 9.84. The largest absolute Gasteiger partial charge is 0.568 e. The van der Waals surface area contributed by atoms with Crippen molar-refractivity contribution in [2.75, 3.05) is 19.7 Å². The van der Waals surface area contributed by atoms with Gasteiger partial charge < -0.3 is 24.0 Å². The molecule has 2 heterocycles. The first-order chi connectivity index (χ1) is 18.9. The molecule has 0 aliphatic carbocycles. The van der Waals surface area contributed by atoms with Gasteiger partial charge in [-0.05, 0) is 97.0 Å². The van der Waals surface area contributed by atoms with E-state index < -0.39 is 10.9 Å². The highest BCUT2D eigenvalue weighted by molar-refractivity contribution is 7.23. The van der Waals surface area contributed by atoms with Crippen LogP contribution in [-0.4, -0.2) is 44.5 Å². The predicted octanol–water partition coefficient (Wildman–Crippen LogP) is 6.44. The van der Waals surface area contributed by atoms with Crippen molar-refractivity contribution in [2.45, 2.75) is 39.7 Å². The lowest BCUT2D eigenvalue weighted by Gasteiger charge is -2.17. The summed E-state index contributed by atoms with van der Waals surface area (Å²) in [6.45, 7) is 6.81. The van der Waals surface area contributed by atoms with Crippen LogP contribution in [0.25, 0.3) is 21.6 Å². The molecular weight excluding hydrogens is 512 g/mol. The van der Waals surface area contributed by atoms with Gasteiger partial charge >= 0.3 is 0 Å². The molecule has 39 heavy (non-hydrogen) atoms. The quantitative estimate of drug-likeness (QED) is 0.182. The molecule has 4 aromatic rings. The Kier molecular flexibility index (Phi) is 8.14. The van der Waals surface area contributed by atoms with Crippen molar-refractivity contribution in [2.24, 2.45) is 0 Å². The van der Waals surface area contributed by atoms with Crippen molar-refractivity contribution in [1.82, 2.24) is 9.27 Å². The number of ether oxygens (including phenoxy) is 2. The molecule has 7 nitrogen and oxygen atoms in total. The summed E-state index contributed by atoms with van der Waals surface area (Å²) in [6.07, 6.45) is 2.46. The van der Waals surface area contributed by atoms with E-state index in [2.05, 4.69) is 42.5 Å². The Labute approximate surface area is 231 Å². The molecule has 1 aromatic heterocycles. The molecule has 5 rings (SSSR count). The Morgan fingerprint density at radius 1 is 0.974 bits per heavy atom. The van der Waals surface area contributed by atoms with Gasteiger partial charge in [0, 0.05) is 29.4 Å². The van der Waals surface area contributed by atoms with Crippen LogP contribution in [0.3, 0.4) is 0 Å². The highest BCUT2D eigenvalue weighted by Gasteiger charge is 2.19. The first-order valence-corrected chi connectivity index (χ1v) is 14.2. The van der Waals surface area contributed by atoms with Gasteiger partial charge in [-0.25, -0.2) is 0 Å². The zero-order valence-electron chi connectivity index (χ0n) is 22.2. The fourth-order valence-corrected chi connectivity index (χ4v) is 5.92. The van der Waals surface area contributed by atoms with Crippen molar-refractivity contribution < 1.29 is 23.9 Å². The topological polar surface area (TPSA) is 95.0 Å². The summed E-state index contributed by atoms with van der Waals surface area (Å²) in [7, 11) is -1.58. The molecule has 202 valence electrons. The van der Waals surface area contributed by atoms with E-state index in [4.69, 9.17) is 9.47 Å². The third-order valence-corrected chi connectivity index (χ3v) is 7.99. The summed E-state index contributed by atoms with van der Waals surface area (Å²) in [5.74, 6) is 1.58. The Morgan fingerprint density at radius 3 is 2.41 bits per heavy atom. The van der Waals surface area contributed by atoms with Crippen LogP contribution in [0.2, 0.25) is 0 Å². The molecule has 1 fully saturated rings. The van der Waals surface area contributed by atoms with E-state index in [1.165, 1.54) is 11.6 Å². The molecule has 1 unspecified atom stereocenters. The van der Waals surface area contributed by atoms with Gasteiger partial charge in [0.25, 0.3) is 5.88 Å². The summed E-state index contributed by atoms with van der Waals surface area (Å²) in [6, 6.07) is 21.2. The number of aromatic hydroxyl groups is 1. The van der Waals surface area contributed by atoms with E-state index in [0.717, 1.165) is 59.5 Å². The van der Waals surface area contributed by atoms with Crippen molar-refractivity contribution in [3.05, 3.63) is 83.4 Å². The van der Waals surface area contributed by atoms with Crippen LogP contribution in [0.4, 0.5) is 0 Å². The molecule has 1 N–H and O–H groups in total. The number of carbonyl (C=O) groups is 1. The molecule has 0 bridgehead atoms. The minimum absolute atomic E-state index is 0.220. The second-order valence-corrected chi connectivity index (χ2v) is 11.0. The van der Waals surface area contributed by atoms with Gasteiger partial charge in [-0.3, -0.25) is 4.79 Å². The predicted molar refractivity (Wildman–Crippen MR) is 152 cm³/mol. The van der Waals surface area contributed by atoms with Crippen LogP contribution >= 0.6 is 10.9 Å². The molecule has 0 radical (unpaired) electrons. The van der Waals surface area contributed by atoms with Crippen LogP contribution in [-0.2, 0) is 11.4 Å². The highest BCUT2D eigenvalue weighted by Crippen LogP contribution is 2.35. The number of nitrogens with zero attached hydrogens (tertiary/aromatic N) is 2. The summed E-state index contributed by atoms with van der Waals surface area (Å²) >= 11 is 0. The third-order valence-electron chi connectivity index (χ3n) is 6.90. The highest BCUT2D eigenvalue weighted by atomic mass is 32.2. The number of carbonyl (C=O) groups excluding carboxylic acids is 1. The number of benzene rings is 3. The zero-order chi connectivity index (χ0) is 27.4. The summed E-state index contributed by atoms with van der Waals surface area (Å²) in [5, 5.41) is 9.47. The summed E-state index contributed by atoms with van der Waals surface area (Å²) in [4.78, 5) is 14.2. The van der Waals surface area contributed by atoms with E-state index in [0.29, 0.717) is 30.3 Å². The minimum atomic E-state index is -1.58. The maximum atomic E-state index is 12.0. The van der Waals surface area contributed by atoms with Crippen molar-refractivity contribution in [1.29, 1.82) is 0 Å². The van der Waals surface area contributed by atoms with Crippen LogP contribution in [0.1, 0.15) is 36.0 Å². The van der Waals surface area contributed by atoms with E-state index in [1.54, 1.807) is 0 Å². The van der Waals surface area contributed by atoms with Gasteiger partial charge in [0.05, 0.1) is 23.6 Å². The molecule has 8 heteroatoms. The SMILES string of the molecule is Cc1cc(OCCCN2CCCC2=O)cc(C)c1-c1cccc(COc2ccc(-c3cc(O)n[s+]3[O-])cc2)c1. The van der Waals surface area contributed by atoms with Crippen molar-refractivity contribution in [3.8, 4) is 38.9 Å². The lowest BCUT2D eigenvalue weighted by molar-refractivity contribution is -0.127. The van der Waals surface area contributed by atoms with Gasteiger partial charge in [0.1, 0.15) is 18.1 Å². The van der Waals surface area contributed by atoms with E-state index >= 15 is 0 Å². The maximum absolute atomic E-state index is 12.0. The normalized spacial score (nSPS) is 13.7. The Balaban J connectivity index is 1.20. The molecule has 0 spiro atoms. The number of rotatable bonds is 10. The Bertz CT molecular complexity index is 1440. The summed E-state index contributed by atoms with van der Waals surface area (Å²) < 4.78 is 27.6. The van der Waals surface area contributed by atoms with Crippen LogP contribution in [0.15, 0.2) is 66.7 Å². The number of hydrogen-bond acceptors (Lipinski definition) is 6. The zero-order valence-corrected chi connectivity index (χ0v) is 23.0. The number of amides is 1. The fraction of sp³-hybridized carbons (Fsp3) is 0.290. The monoisotopic (exact) mass is 544 g/mol. The van der Waals surface area contributed by atoms with Gasteiger partial charge in [-0.2, -0.15) is 0 Å².